The SMILES string of the molecule is COc1ccc(C=NOc2ncc(F)c(N(C)Cc3ccccc3)n2)cc1. The van der Waals surface area contributed by atoms with E-state index in [0.717, 1.165) is 23.1 Å². The normalized spacial score (nSPS) is 10.8. The summed E-state index contributed by atoms with van der Waals surface area (Å²) in [7, 11) is 3.35. The van der Waals surface area contributed by atoms with Crippen LogP contribution in [-0.4, -0.2) is 30.3 Å². The van der Waals surface area contributed by atoms with Crippen LogP contribution in [0.3, 0.4) is 0 Å². The van der Waals surface area contributed by atoms with Gasteiger partial charge in [-0.25, -0.2) is 4.39 Å². The first-order valence-corrected chi connectivity index (χ1v) is 8.28. The highest BCUT2D eigenvalue weighted by atomic mass is 19.1. The van der Waals surface area contributed by atoms with E-state index in [2.05, 4.69) is 15.1 Å². The molecule has 0 aliphatic rings. The van der Waals surface area contributed by atoms with Crippen molar-refractivity contribution in [2.75, 3.05) is 19.1 Å². The Labute approximate surface area is 156 Å². The minimum atomic E-state index is -0.528. The topological polar surface area (TPSA) is 59.8 Å². The lowest BCUT2D eigenvalue weighted by Crippen LogP contribution is -2.19. The van der Waals surface area contributed by atoms with E-state index < -0.39 is 5.82 Å². The van der Waals surface area contributed by atoms with Crippen molar-refractivity contribution in [3.8, 4) is 11.8 Å². The van der Waals surface area contributed by atoms with Gasteiger partial charge < -0.3 is 14.5 Å². The third kappa shape index (κ3) is 5.01. The number of halogens is 1. The van der Waals surface area contributed by atoms with Crippen LogP contribution < -0.4 is 14.5 Å². The molecular weight excluding hydrogens is 347 g/mol. The highest BCUT2D eigenvalue weighted by molar-refractivity contribution is 5.79. The van der Waals surface area contributed by atoms with Crippen molar-refractivity contribution in [3.05, 3.63) is 77.7 Å². The van der Waals surface area contributed by atoms with E-state index in [1.54, 1.807) is 19.1 Å². The van der Waals surface area contributed by atoms with Crippen molar-refractivity contribution in [2.24, 2.45) is 5.16 Å². The van der Waals surface area contributed by atoms with Crippen LogP contribution >= 0.6 is 0 Å². The maximum Gasteiger partial charge on any atom is 0.347 e. The van der Waals surface area contributed by atoms with Crippen LogP contribution in [-0.2, 0) is 6.54 Å². The molecule has 27 heavy (non-hydrogen) atoms. The average molecular weight is 366 g/mol. The van der Waals surface area contributed by atoms with Gasteiger partial charge in [0.25, 0.3) is 0 Å². The van der Waals surface area contributed by atoms with Crippen LogP contribution in [0.4, 0.5) is 10.2 Å². The van der Waals surface area contributed by atoms with Gasteiger partial charge in [-0.05, 0) is 35.4 Å². The van der Waals surface area contributed by atoms with Crippen LogP contribution in [0, 0.1) is 5.82 Å². The van der Waals surface area contributed by atoms with Gasteiger partial charge in [0.05, 0.1) is 19.5 Å². The molecule has 0 atom stereocenters. The highest BCUT2D eigenvalue weighted by Gasteiger charge is 2.13. The first-order chi connectivity index (χ1) is 13.2. The molecule has 0 radical (unpaired) electrons. The summed E-state index contributed by atoms with van der Waals surface area (Å²) < 4.78 is 19.2. The number of hydrogen-bond acceptors (Lipinski definition) is 6. The van der Waals surface area contributed by atoms with Gasteiger partial charge in [-0.15, -0.1) is 0 Å². The molecule has 138 valence electrons. The van der Waals surface area contributed by atoms with E-state index in [-0.39, 0.29) is 11.8 Å². The Balaban J connectivity index is 1.67. The molecule has 1 heterocycles. The van der Waals surface area contributed by atoms with E-state index in [4.69, 9.17) is 9.57 Å². The predicted octanol–water partition coefficient (Wildman–Crippen LogP) is 3.67. The summed E-state index contributed by atoms with van der Waals surface area (Å²) in [4.78, 5) is 14.8. The quantitative estimate of drug-likeness (QED) is 0.472. The van der Waals surface area contributed by atoms with E-state index in [1.807, 2.05) is 54.6 Å². The Morgan fingerprint density at radius 2 is 1.85 bits per heavy atom. The molecular formula is C20H19FN4O2. The van der Waals surface area contributed by atoms with Gasteiger partial charge >= 0.3 is 6.01 Å². The van der Waals surface area contributed by atoms with Crippen LogP contribution in [0.25, 0.3) is 0 Å². The molecule has 3 rings (SSSR count). The second-order valence-electron chi connectivity index (χ2n) is 5.76. The monoisotopic (exact) mass is 366 g/mol. The molecule has 0 aliphatic carbocycles. The Kier molecular flexibility index (Phi) is 5.94. The van der Waals surface area contributed by atoms with Crippen LogP contribution in [0.1, 0.15) is 11.1 Å². The predicted molar refractivity (Wildman–Crippen MR) is 102 cm³/mol. The number of nitrogens with zero attached hydrogens (tertiary/aromatic N) is 4. The third-order valence-corrected chi connectivity index (χ3v) is 3.78. The number of rotatable bonds is 7. The second kappa shape index (κ2) is 8.75. The van der Waals surface area contributed by atoms with Gasteiger partial charge in [-0.2, -0.15) is 9.97 Å². The van der Waals surface area contributed by atoms with Gasteiger partial charge in [0.15, 0.2) is 11.6 Å². The fourth-order valence-corrected chi connectivity index (χ4v) is 2.41. The van der Waals surface area contributed by atoms with Crippen LogP contribution in [0.15, 0.2) is 65.9 Å². The summed E-state index contributed by atoms with van der Waals surface area (Å²) in [6, 6.07) is 17.0. The molecule has 3 aromatic rings. The Bertz CT molecular complexity index is 902. The lowest BCUT2D eigenvalue weighted by molar-refractivity contribution is 0.313. The van der Waals surface area contributed by atoms with Crippen molar-refractivity contribution in [2.45, 2.75) is 6.54 Å². The summed E-state index contributed by atoms with van der Waals surface area (Å²) >= 11 is 0. The van der Waals surface area contributed by atoms with E-state index in [9.17, 15) is 4.39 Å². The molecule has 0 saturated heterocycles. The van der Waals surface area contributed by atoms with Gasteiger partial charge in [-0.3, -0.25) is 0 Å². The Hall–Kier alpha value is -3.48. The molecule has 0 unspecified atom stereocenters. The standard InChI is InChI=1S/C20H19FN4O2/c1-25(14-16-6-4-3-5-7-16)19-18(21)13-22-20(24-19)27-23-12-15-8-10-17(26-2)11-9-15/h3-13H,14H2,1-2H3. The molecule has 0 bridgehead atoms. The number of anilines is 1. The lowest BCUT2D eigenvalue weighted by Gasteiger charge is -2.18. The minimum absolute atomic E-state index is 0.0314. The first kappa shape index (κ1) is 18.3. The first-order valence-electron chi connectivity index (χ1n) is 8.28. The molecule has 0 aliphatic heterocycles. The number of ether oxygens (including phenoxy) is 1. The fraction of sp³-hybridized carbons (Fsp3) is 0.150. The fourth-order valence-electron chi connectivity index (χ4n) is 2.41. The van der Waals surface area contributed by atoms with Gasteiger partial charge in [0.1, 0.15) is 5.75 Å². The Morgan fingerprint density at radius 3 is 2.56 bits per heavy atom. The molecule has 0 N–H and O–H groups in total. The van der Waals surface area contributed by atoms with E-state index >= 15 is 0 Å². The summed E-state index contributed by atoms with van der Waals surface area (Å²) in [5, 5.41) is 3.85. The molecule has 2 aromatic carbocycles. The smallest absolute Gasteiger partial charge is 0.347 e. The molecule has 1 aromatic heterocycles. The number of oxime groups is 1. The van der Waals surface area contributed by atoms with Crippen molar-refractivity contribution in [1.82, 2.24) is 9.97 Å². The number of methoxy groups -OCH3 is 1. The van der Waals surface area contributed by atoms with E-state index in [0.29, 0.717) is 6.54 Å². The van der Waals surface area contributed by atoms with Crippen LogP contribution in [0.2, 0.25) is 0 Å². The summed E-state index contributed by atoms with van der Waals surface area (Å²) in [5.41, 5.74) is 1.86. The van der Waals surface area contributed by atoms with Crippen molar-refractivity contribution < 1.29 is 14.0 Å². The zero-order valence-corrected chi connectivity index (χ0v) is 15.0. The molecule has 0 spiro atoms. The van der Waals surface area contributed by atoms with Crippen molar-refractivity contribution in [3.63, 3.8) is 0 Å². The largest absolute Gasteiger partial charge is 0.497 e. The van der Waals surface area contributed by atoms with Crippen molar-refractivity contribution in [1.29, 1.82) is 0 Å². The summed E-state index contributed by atoms with van der Waals surface area (Å²) in [6.45, 7) is 0.503. The Morgan fingerprint density at radius 1 is 1.11 bits per heavy atom. The number of benzene rings is 2. The second-order valence-corrected chi connectivity index (χ2v) is 5.76. The average Bonchev–Trinajstić information content (AvgIpc) is 2.70. The highest BCUT2D eigenvalue weighted by Crippen LogP contribution is 2.19. The van der Waals surface area contributed by atoms with E-state index in [1.165, 1.54) is 6.21 Å². The molecule has 7 heteroatoms. The lowest BCUT2D eigenvalue weighted by atomic mass is 10.2. The molecule has 0 fully saturated rings. The summed E-state index contributed by atoms with van der Waals surface area (Å²) in [6.07, 6.45) is 2.58. The molecule has 0 saturated carbocycles. The summed E-state index contributed by atoms with van der Waals surface area (Å²) in [5.74, 6) is 0.365. The maximum absolute atomic E-state index is 14.1. The number of aromatic nitrogens is 2. The molecule has 6 nitrogen and oxygen atoms in total. The van der Waals surface area contributed by atoms with Gasteiger partial charge in [-0.1, -0.05) is 35.5 Å². The minimum Gasteiger partial charge on any atom is -0.497 e. The number of hydrogen-bond donors (Lipinski definition) is 0. The molecule has 0 amide bonds. The zero-order valence-electron chi connectivity index (χ0n) is 15.0. The van der Waals surface area contributed by atoms with Crippen LogP contribution in [0.5, 0.6) is 11.8 Å². The maximum atomic E-state index is 14.1. The van der Waals surface area contributed by atoms with Crippen molar-refractivity contribution >= 4 is 12.0 Å². The zero-order chi connectivity index (χ0) is 19.1. The third-order valence-electron chi connectivity index (χ3n) is 3.78. The van der Waals surface area contributed by atoms with Gasteiger partial charge in [0.2, 0.25) is 0 Å². The van der Waals surface area contributed by atoms with Gasteiger partial charge in [0, 0.05) is 13.6 Å².